The van der Waals surface area contributed by atoms with Gasteiger partial charge in [0.2, 0.25) is 0 Å². The normalized spacial score (nSPS) is 11.0. The fraction of sp³-hybridized carbons (Fsp3) is 0. The molecule has 6 aromatic carbocycles. The van der Waals surface area contributed by atoms with Gasteiger partial charge in [0, 0.05) is 27.1 Å². The van der Waals surface area contributed by atoms with E-state index in [-0.39, 0.29) is 0 Å². The van der Waals surface area contributed by atoms with Crippen molar-refractivity contribution in [1.29, 1.82) is 21.0 Å². The number of benzene rings is 6. The van der Waals surface area contributed by atoms with Crippen LogP contribution in [0.15, 0.2) is 121 Å². The van der Waals surface area contributed by atoms with Gasteiger partial charge in [0.05, 0.1) is 68.3 Å². The van der Waals surface area contributed by atoms with E-state index in [0.29, 0.717) is 33.6 Å². The molecule has 46 heavy (non-hydrogen) atoms. The fourth-order valence-corrected chi connectivity index (χ4v) is 6.68. The Labute approximate surface area is 263 Å². The average molecular weight is 585 g/mol. The average Bonchev–Trinajstić information content (AvgIpc) is 3.62. The van der Waals surface area contributed by atoms with Crippen LogP contribution < -0.4 is 0 Å². The third-order valence-electron chi connectivity index (χ3n) is 8.64. The highest BCUT2D eigenvalue weighted by Gasteiger charge is 2.24. The molecule has 0 atom stereocenters. The predicted molar refractivity (Wildman–Crippen MR) is 179 cm³/mol. The summed E-state index contributed by atoms with van der Waals surface area (Å²) in [6.07, 6.45) is 0. The largest absolute Gasteiger partial charge is 0.308 e. The lowest BCUT2D eigenvalue weighted by atomic mass is 9.97. The fourth-order valence-electron chi connectivity index (χ4n) is 6.68. The Kier molecular flexibility index (Phi) is 5.91. The summed E-state index contributed by atoms with van der Waals surface area (Å²) in [5.74, 6) is 0. The van der Waals surface area contributed by atoms with Crippen molar-refractivity contribution >= 4 is 43.6 Å². The number of rotatable bonds is 3. The van der Waals surface area contributed by atoms with Crippen LogP contribution in [0.5, 0.6) is 0 Å². The lowest BCUT2D eigenvalue weighted by Crippen LogP contribution is -2.06. The summed E-state index contributed by atoms with van der Waals surface area (Å²) in [6.45, 7) is 0. The van der Waals surface area contributed by atoms with E-state index in [2.05, 4.69) is 33.4 Å². The Morgan fingerprint density at radius 2 is 0.957 bits per heavy atom. The molecule has 0 saturated heterocycles. The van der Waals surface area contributed by atoms with E-state index >= 15 is 0 Å². The Morgan fingerprint density at radius 3 is 1.57 bits per heavy atom. The maximum Gasteiger partial charge on any atom is 0.104 e. The molecule has 0 radical (unpaired) electrons. The number of nitriles is 4. The monoisotopic (exact) mass is 584 g/mol. The van der Waals surface area contributed by atoms with Crippen LogP contribution in [0.1, 0.15) is 22.3 Å². The summed E-state index contributed by atoms with van der Waals surface area (Å²) < 4.78 is 4.12. The Bertz CT molecular complexity index is 2750. The quantitative estimate of drug-likeness (QED) is 0.207. The first kappa shape index (κ1) is 26.5. The third-order valence-corrected chi connectivity index (χ3v) is 8.64. The molecule has 0 aliphatic rings. The molecule has 2 heterocycles. The summed E-state index contributed by atoms with van der Waals surface area (Å²) in [4.78, 5) is 0. The molecule has 210 valence electrons. The number of aromatic nitrogens is 2. The van der Waals surface area contributed by atoms with Gasteiger partial charge in [-0.15, -0.1) is 0 Å². The zero-order valence-corrected chi connectivity index (χ0v) is 24.2. The van der Waals surface area contributed by atoms with Crippen LogP contribution in [0.3, 0.4) is 0 Å². The van der Waals surface area contributed by atoms with Gasteiger partial charge in [-0.25, -0.2) is 0 Å². The van der Waals surface area contributed by atoms with Crippen molar-refractivity contribution in [1.82, 2.24) is 9.13 Å². The highest BCUT2D eigenvalue weighted by Crippen LogP contribution is 2.42. The molecule has 0 aliphatic heterocycles. The van der Waals surface area contributed by atoms with E-state index in [1.165, 1.54) is 0 Å². The van der Waals surface area contributed by atoms with Crippen LogP contribution in [0, 0.1) is 45.3 Å². The van der Waals surface area contributed by atoms with Gasteiger partial charge >= 0.3 is 0 Å². The first-order chi connectivity index (χ1) is 22.6. The molecule has 0 spiro atoms. The molecule has 0 saturated carbocycles. The zero-order chi connectivity index (χ0) is 31.4. The molecule has 0 fully saturated rings. The van der Waals surface area contributed by atoms with Crippen molar-refractivity contribution in [2.45, 2.75) is 0 Å². The SMILES string of the molecule is N#Cc1cccc(-c2ccc(-n3c4ccccc4c4ccc(C#N)cc43)c(C#N)c2-n2c3ccccc3c3ccc(C#N)cc32)c1. The third kappa shape index (κ3) is 3.79. The Hall–Kier alpha value is -7.12. The van der Waals surface area contributed by atoms with Gasteiger partial charge in [-0.3, -0.25) is 0 Å². The second-order valence-corrected chi connectivity index (χ2v) is 11.1. The van der Waals surface area contributed by atoms with Crippen molar-refractivity contribution in [3.05, 3.63) is 144 Å². The van der Waals surface area contributed by atoms with Crippen LogP contribution in [-0.2, 0) is 0 Å². The van der Waals surface area contributed by atoms with E-state index in [9.17, 15) is 21.0 Å². The molecular weight excluding hydrogens is 564 g/mol. The summed E-state index contributed by atoms with van der Waals surface area (Å²) in [6, 6.07) is 47.9. The highest BCUT2D eigenvalue weighted by atomic mass is 15.0. The van der Waals surface area contributed by atoms with Crippen molar-refractivity contribution in [2.75, 3.05) is 0 Å². The molecule has 0 unspecified atom stereocenters. The van der Waals surface area contributed by atoms with Crippen molar-refractivity contribution in [3.8, 4) is 46.8 Å². The minimum Gasteiger partial charge on any atom is -0.308 e. The van der Waals surface area contributed by atoms with Crippen molar-refractivity contribution < 1.29 is 0 Å². The van der Waals surface area contributed by atoms with Crippen LogP contribution in [0.4, 0.5) is 0 Å². The maximum absolute atomic E-state index is 11.1. The summed E-state index contributed by atoms with van der Waals surface area (Å²) in [5.41, 5.74) is 8.18. The topological polar surface area (TPSA) is 105 Å². The zero-order valence-electron chi connectivity index (χ0n) is 24.2. The molecule has 0 bridgehead atoms. The molecule has 0 aliphatic carbocycles. The smallest absolute Gasteiger partial charge is 0.104 e. The first-order valence-corrected chi connectivity index (χ1v) is 14.6. The van der Waals surface area contributed by atoms with Crippen LogP contribution in [-0.4, -0.2) is 9.13 Å². The first-order valence-electron chi connectivity index (χ1n) is 14.6. The van der Waals surface area contributed by atoms with Gasteiger partial charge in [-0.2, -0.15) is 21.0 Å². The molecule has 6 nitrogen and oxygen atoms in total. The lowest BCUT2D eigenvalue weighted by molar-refractivity contribution is 1.12. The summed E-state index contributed by atoms with van der Waals surface area (Å²) >= 11 is 0. The number of hydrogen-bond donors (Lipinski definition) is 0. The molecule has 6 heteroatoms. The van der Waals surface area contributed by atoms with Crippen LogP contribution >= 0.6 is 0 Å². The standard InChI is InChI=1S/C40H20N6/c41-21-25-6-5-7-28(18-25)29-16-17-37(45-35-10-3-1-8-30(35)32-14-12-26(22-42)19-38(32)45)34(24-44)40(29)46-36-11-4-2-9-31(36)33-15-13-27(23-43)20-39(33)46/h1-20H. The maximum atomic E-state index is 11.1. The molecule has 0 amide bonds. The van der Waals surface area contributed by atoms with Gasteiger partial charge < -0.3 is 9.13 Å². The number of hydrogen-bond acceptors (Lipinski definition) is 4. The Balaban J connectivity index is 1.59. The Morgan fingerprint density at radius 1 is 0.413 bits per heavy atom. The second kappa shape index (κ2) is 10.3. The van der Waals surface area contributed by atoms with Gasteiger partial charge in [0.15, 0.2) is 0 Å². The van der Waals surface area contributed by atoms with Crippen LogP contribution in [0.2, 0.25) is 0 Å². The minimum absolute atomic E-state index is 0.412. The number of fused-ring (bicyclic) bond motifs is 6. The summed E-state index contributed by atoms with van der Waals surface area (Å²) in [7, 11) is 0. The molecule has 0 N–H and O–H groups in total. The van der Waals surface area contributed by atoms with Gasteiger partial charge in [0.1, 0.15) is 11.6 Å². The molecule has 2 aromatic heterocycles. The van der Waals surface area contributed by atoms with E-state index in [0.717, 1.165) is 54.7 Å². The molecule has 8 rings (SSSR count). The van der Waals surface area contributed by atoms with Crippen molar-refractivity contribution in [3.63, 3.8) is 0 Å². The number of para-hydroxylation sites is 2. The van der Waals surface area contributed by atoms with Gasteiger partial charge in [0.25, 0.3) is 0 Å². The van der Waals surface area contributed by atoms with E-state index < -0.39 is 0 Å². The number of nitrogens with zero attached hydrogens (tertiary/aromatic N) is 6. The lowest BCUT2D eigenvalue weighted by Gasteiger charge is -2.20. The second-order valence-electron chi connectivity index (χ2n) is 11.1. The van der Waals surface area contributed by atoms with Gasteiger partial charge in [-0.1, -0.05) is 66.7 Å². The van der Waals surface area contributed by atoms with Crippen molar-refractivity contribution in [2.24, 2.45) is 0 Å². The van der Waals surface area contributed by atoms with E-state index in [1.54, 1.807) is 6.07 Å². The van der Waals surface area contributed by atoms with Gasteiger partial charge in [-0.05, 0) is 60.2 Å². The molecule has 8 aromatic rings. The minimum atomic E-state index is 0.412. The molecular formula is C40H20N6. The highest BCUT2D eigenvalue weighted by molar-refractivity contribution is 6.12. The van der Waals surface area contributed by atoms with E-state index in [4.69, 9.17) is 0 Å². The summed E-state index contributed by atoms with van der Waals surface area (Å²) in [5, 5.41) is 44.5. The van der Waals surface area contributed by atoms with E-state index in [1.807, 2.05) is 115 Å². The predicted octanol–water partition coefficient (Wildman–Crippen LogP) is 9.03. The van der Waals surface area contributed by atoms with Crippen LogP contribution in [0.25, 0.3) is 66.1 Å².